The van der Waals surface area contributed by atoms with Gasteiger partial charge in [-0.15, -0.1) is 0 Å². The molecule has 1 saturated carbocycles. The van der Waals surface area contributed by atoms with E-state index in [9.17, 15) is 14.4 Å². The fraction of sp³-hybridized carbons (Fsp3) is 0.526. The molecule has 1 fully saturated rings. The molecule has 26 heavy (non-hydrogen) atoms. The average molecular weight is 359 g/mol. The van der Waals surface area contributed by atoms with Crippen LogP contribution in [0.3, 0.4) is 0 Å². The van der Waals surface area contributed by atoms with E-state index in [1.54, 1.807) is 4.90 Å². The Morgan fingerprint density at radius 2 is 1.85 bits per heavy atom. The van der Waals surface area contributed by atoms with Crippen LogP contribution in [0.4, 0.5) is 4.79 Å². The smallest absolute Gasteiger partial charge is 0.323 e. The number of amides is 3. The van der Waals surface area contributed by atoms with Gasteiger partial charge in [0, 0.05) is 12.6 Å². The normalized spacial score (nSPS) is 20.3. The van der Waals surface area contributed by atoms with Crippen molar-refractivity contribution in [2.24, 2.45) is 0 Å². The first-order valence-electron chi connectivity index (χ1n) is 9.06. The molecule has 1 aliphatic heterocycles. The number of nitrogens with one attached hydrogen (secondary N) is 2. The number of carbonyl (C=O) groups excluding carboxylic acids is 3. The van der Waals surface area contributed by atoms with E-state index >= 15 is 0 Å². The quantitative estimate of drug-likeness (QED) is 0.793. The summed E-state index contributed by atoms with van der Waals surface area (Å²) in [4.78, 5) is 38.2. The van der Waals surface area contributed by atoms with Crippen LogP contribution in [-0.2, 0) is 27.3 Å². The van der Waals surface area contributed by atoms with Gasteiger partial charge in [-0.3, -0.25) is 19.8 Å². The topological polar surface area (TPSA) is 87.7 Å². The van der Waals surface area contributed by atoms with Crippen LogP contribution >= 0.6 is 0 Å². The van der Waals surface area contributed by atoms with E-state index in [-0.39, 0.29) is 18.6 Å². The van der Waals surface area contributed by atoms with Crippen molar-refractivity contribution in [2.45, 2.75) is 50.7 Å². The zero-order valence-electron chi connectivity index (χ0n) is 15.0. The number of urea groups is 1. The Hall–Kier alpha value is -2.41. The molecule has 2 N–H and O–H groups in total. The summed E-state index contributed by atoms with van der Waals surface area (Å²) in [5, 5.41) is 5.20. The maximum absolute atomic E-state index is 12.3. The molecule has 3 amide bonds. The van der Waals surface area contributed by atoms with Crippen molar-refractivity contribution in [3.63, 3.8) is 0 Å². The highest BCUT2D eigenvalue weighted by Crippen LogP contribution is 2.23. The molecule has 2 aliphatic rings. The SMILES string of the molecule is COC(=O)[C@@H]1Cc2ccccc2CN1CC(=O)NC(=O)NC1CCCC1. The minimum atomic E-state index is -0.529. The van der Waals surface area contributed by atoms with Crippen LogP contribution in [0.1, 0.15) is 36.8 Å². The van der Waals surface area contributed by atoms with Crippen molar-refractivity contribution in [1.82, 2.24) is 15.5 Å². The van der Waals surface area contributed by atoms with Crippen LogP contribution in [0, 0.1) is 0 Å². The Morgan fingerprint density at radius 3 is 2.54 bits per heavy atom. The van der Waals surface area contributed by atoms with Gasteiger partial charge < -0.3 is 10.1 Å². The van der Waals surface area contributed by atoms with E-state index in [0.717, 1.165) is 36.8 Å². The Balaban J connectivity index is 1.61. The van der Waals surface area contributed by atoms with Gasteiger partial charge in [0.25, 0.3) is 0 Å². The minimum Gasteiger partial charge on any atom is -0.468 e. The summed E-state index contributed by atoms with van der Waals surface area (Å²) in [5.74, 6) is -0.795. The largest absolute Gasteiger partial charge is 0.468 e. The molecule has 0 spiro atoms. The van der Waals surface area contributed by atoms with Gasteiger partial charge >= 0.3 is 12.0 Å². The molecule has 7 nitrogen and oxygen atoms in total. The summed E-state index contributed by atoms with van der Waals surface area (Å²) in [6.45, 7) is 0.430. The second kappa shape index (κ2) is 8.31. The van der Waals surface area contributed by atoms with Gasteiger partial charge in [0.05, 0.1) is 13.7 Å². The predicted molar refractivity (Wildman–Crippen MR) is 95.3 cm³/mol. The zero-order valence-corrected chi connectivity index (χ0v) is 15.0. The standard InChI is InChI=1S/C19H25N3O4/c1-26-18(24)16-10-13-6-2-3-7-14(13)11-22(16)12-17(23)21-19(25)20-15-8-4-5-9-15/h2-3,6-7,15-16H,4-5,8-12H2,1H3,(H2,20,21,23,25)/t16-/m0/s1. The number of imide groups is 1. The molecule has 0 saturated heterocycles. The molecule has 1 atom stereocenters. The lowest BCUT2D eigenvalue weighted by atomic mass is 9.94. The molecule has 0 bridgehead atoms. The van der Waals surface area contributed by atoms with Gasteiger partial charge in [-0.25, -0.2) is 4.79 Å². The highest BCUT2D eigenvalue weighted by molar-refractivity contribution is 5.95. The average Bonchev–Trinajstić information content (AvgIpc) is 3.13. The number of carbonyl (C=O) groups is 3. The van der Waals surface area contributed by atoms with E-state index in [4.69, 9.17) is 4.74 Å². The van der Waals surface area contributed by atoms with Gasteiger partial charge in [0.15, 0.2) is 0 Å². The van der Waals surface area contributed by atoms with E-state index in [2.05, 4.69) is 10.6 Å². The molecule has 0 radical (unpaired) electrons. The van der Waals surface area contributed by atoms with Crippen LogP contribution in [0.25, 0.3) is 0 Å². The summed E-state index contributed by atoms with van der Waals surface area (Å²) in [7, 11) is 1.34. The lowest BCUT2D eigenvalue weighted by molar-refractivity contribution is -0.148. The Kier molecular flexibility index (Phi) is 5.88. The van der Waals surface area contributed by atoms with Gasteiger partial charge in [-0.2, -0.15) is 0 Å². The van der Waals surface area contributed by atoms with Crippen molar-refractivity contribution < 1.29 is 19.1 Å². The lowest BCUT2D eigenvalue weighted by Gasteiger charge is -2.34. The first kappa shape index (κ1) is 18.4. The third-order valence-corrected chi connectivity index (χ3v) is 5.11. The van der Waals surface area contributed by atoms with E-state index in [1.165, 1.54) is 7.11 Å². The molecule has 1 aliphatic carbocycles. The van der Waals surface area contributed by atoms with Crippen molar-refractivity contribution in [2.75, 3.05) is 13.7 Å². The summed E-state index contributed by atoms with van der Waals surface area (Å²) in [5.41, 5.74) is 2.16. The second-order valence-electron chi connectivity index (χ2n) is 6.92. The summed E-state index contributed by atoms with van der Waals surface area (Å²) in [6, 6.07) is 6.99. The third-order valence-electron chi connectivity index (χ3n) is 5.11. The minimum absolute atomic E-state index is 0.0355. The number of rotatable bonds is 4. The maximum atomic E-state index is 12.3. The number of hydrogen-bond acceptors (Lipinski definition) is 5. The zero-order chi connectivity index (χ0) is 18.5. The summed E-state index contributed by atoms with van der Waals surface area (Å²) < 4.78 is 4.89. The van der Waals surface area contributed by atoms with Crippen LogP contribution in [0.2, 0.25) is 0 Å². The monoisotopic (exact) mass is 359 g/mol. The number of methoxy groups -OCH3 is 1. The van der Waals surface area contributed by atoms with Gasteiger partial charge in [0.1, 0.15) is 6.04 Å². The van der Waals surface area contributed by atoms with E-state index in [0.29, 0.717) is 13.0 Å². The molecule has 0 aromatic heterocycles. The molecule has 140 valence electrons. The van der Waals surface area contributed by atoms with Crippen molar-refractivity contribution in [1.29, 1.82) is 0 Å². The molecule has 3 rings (SSSR count). The van der Waals surface area contributed by atoms with Gasteiger partial charge in [0.2, 0.25) is 5.91 Å². The van der Waals surface area contributed by atoms with Crippen LogP contribution in [0.15, 0.2) is 24.3 Å². The van der Waals surface area contributed by atoms with E-state index < -0.39 is 18.0 Å². The molecule has 0 unspecified atom stereocenters. The first-order valence-corrected chi connectivity index (χ1v) is 9.06. The maximum Gasteiger partial charge on any atom is 0.323 e. The van der Waals surface area contributed by atoms with Crippen molar-refractivity contribution >= 4 is 17.9 Å². The molecule has 1 aromatic carbocycles. The number of esters is 1. The number of benzene rings is 1. The van der Waals surface area contributed by atoms with Gasteiger partial charge in [-0.1, -0.05) is 37.1 Å². The molecular formula is C19H25N3O4. The van der Waals surface area contributed by atoms with Crippen LogP contribution in [0.5, 0.6) is 0 Å². The number of ether oxygens (including phenoxy) is 1. The van der Waals surface area contributed by atoms with Crippen LogP contribution in [-0.4, -0.2) is 48.5 Å². The summed E-state index contributed by atoms with van der Waals surface area (Å²) in [6.07, 6.45) is 4.61. The predicted octanol–water partition coefficient (Wildman–Crippen LogP) is 1.35. The molecular weight excluding hydrogens is 334 g/mol. The number of nitrogens with zero attached hydrogens (tertiary/aromatic N) is 1. The lowest BCUT2D eigenvalue weighted by Crippen LogP contribution is -2.52. The van der Waals surface area contributed by atoms with E-state index in [1.807, 2.05) is 24.3 Å². The van der Waals surface area contributed by atoms with Crippen LogP contribution < -0.4 is 10.6 Å². The third kappa shape index (κ3) is 4.40. The highest BCUT2D eigenvalue weighted by Gasteiger charge is 2.33. The molecule has 1 aromatic rings. The van der Waals surface area contributed by atoms with Gasteiger partial charge in [-0.05, 0) is 30.4 Å². The molecule has 1 heterocycles. The Labute approximate surface area is 153 Å². The Morgan fingerprint density at radius 1 is 1.15 bits per heavy atom. The fourth-order valence-corrected chi connectivity index (χ4v) is 3.75. The highest BCUT2D eigenvalue weighted by atomic mass is 16.5. The number of fused-ring (bicyclic) bond motifs is 1. The first-order chi connectivity index (χ1) is 12.6. The van der Waals surface area contributed by atoms with Crippen molar-refractivity contribution in [3.05, 3.63) is 35.4 Å². The fourth-order valence-electron chi connectivity index (χ4n) is 3.75. The molecule has 7 heteroatoms. The Bertz CT molecular complexity index is 685. The van der Waals surface area contributed by atoms with Crippen molar-refractivity contribution in [3.8, 4) is 0 Å². The number of hydrogen-bond donors (Lipinski definition) is 2. The summed E-state index contributed by atoms with van der Waals surface area (Å²) >= 11 is 0. The second-order valence-corrected chi connectivity index (χ2v) is 6.92.